The van der Waals surface area contributed by atoms with Crippen LogP contribution < -0.4 is 19.5 Å². The van der Waals surface area contributed by atoms with Gasteiger partial charge in [-0.2, -0.15) is 0 Å². The minimum Gasteiger partial charge on any atom is -0.490 e. The van der Waals surface area contributed by atoms with Gasteiger partial charge in [0.25, 0.3) is 11.8 Å². The molecule has 0 aliphatic carbocycles. The standard InChI is InChI=1S/C30H30N2O6/c1-3-16-37-26-15-12-23(18-27(26)36-4-2)19-32-29(34)25(28(33)31-30(32)35)17-21-10-13-24(14-11-21)38-20-22-8-6-5-7-9-22/h5-15,17-18H,3-4,16,19-20H2,1-2H3,(H,31,33,35)/b25-17+. The molecule has 0 radical (unpaired) electrons. The van der Waals surface area contributed by atoms with E-state index in [4.69, 9.17) is 14.2 Å². The summed E-state index contributed by atoms with van der Waals surface area (Å²) >= 11 is 0. The van der Waals surface area contributed by atoms with E-state index >= 15 is 0 Å². The van der Waals surface area contributed by atoms with Gasteiger partial charge in [0.15, 0.2) is 11.5 Å². The summed E-state index contributed by atoms with van der Waals surface area (Å²) in [5.74, 6) is 0.374. The number of carbonyl (C=O) groups is 3. The van der Waals surface area contributed by atoms with Crippen LogP contribution in [0.2, 0.25) is 0 Å². The van der Waals surface area contributed by atoms with Crippen LogP contribution in [0.4, 0.5) is 4.79 Å². The molecule has 1 aliphatic rings. The van der Waals surface area contributed by atoms with Crippen LogP contribution in [-0.2, 0) is 22.7 Å². The predicted molar refractivity (Wildman–Crippen MR) is 143 cm³/mol. The van der Waals surface area contributed by atoms with Crippen LogP contribution in [0, 0.1) is 0 Å². The highest BCUT2D eigenvalue weighted by atomic mass is 16.5. The molecule has 0 saturated carbocycles. The first kappa shape index (κ1) is 26.5. The predicted octanol–water partition coefficient (Wildman–Crippen LogP) is 5.12. The molecule has 8 heteroatoms. The van der Waals surface area contributed by atoms with E-state index in [-0.39, 0.29) is 12.1 Å². The zero-order valence-corrected chi connectivity index (χ0v) is 21.4. The molecule has 0 unspecified atom stereocenters. The Labute approximate surface area is 221 Å². The van der Waals surface area contributed by atoms with Gasteiger partial charge in [0.1, 0.15) is 17.9 Å². The van der Waals surface area contributed by atoms with Crippen LogP contribution >= 0.6 is 0 Å². The van der Waals surface area contributed by atoms with Gasteiger partial charge in [-0.05, 0) is 60.4 Å². The Hall–Kier alpha value is -4.59. The number of rotatable bonds is 11. The van der Waals surface area contributed by atoms with Crippen LogP contribution in [0.5, 0.6) is 17.2 Å². The van der Waals surface area contributed by atoms with Gasteiger partial charge < -0.3 is 14.2 Å². The SMILES string of the molecule is CCCOc1ccc(CN2C(=O)NC(=O)/C(=C\c3ccc(OCc4ccccc4)cc3)C2=O)cc1OCC. The van der Waals surface area contributed by atoms with E-state index in [9.17, 15) is 14.4 Å². The first-order valence-electron chi connectivity index (χ1n) is 12.5. The number of imide groups is 2. The maximum atomic E-state index is 13.2. The number of urea groups is 1. The van der Waals surface area contributed by atoms with Crippen molar-refractivity contribution in [3.05, 3.63) is 95.1 Å². The Morgan fingerprint density at radius 1 is 0.816 bits per heavy atom. The highest BCUT2D eigenvalue weighted by molar-refractivity contribution is 6.30. The maximum absolute atomic E-state index is 13.2. The second-order valence-electron chi connectivity index (χ2n) is 8.61. The number of nitrogens with one attached hydrogen (secondary N) is 1. The topological polar surface area (TPSA) is 94.2 Å². The molecule has 0 aromatic heterocycles. The van der Waals surface area contributed by atoms with Gasteiger partial charge in [0.05, 0.1) is 19.8 Å². The number of amides is 4. The van der Waals surface area contributed by atoms with E-state index in [2.05, 4.69) is 5.32 Å². The van der Waals surface area contributed by atoms with Crippen LogP contribution in [0.1, 0.15) is 37.0 Å². The number of benzene rings is 3. The summed E-state index contributed by atoms with van der Waals surface area (Å²) in [7, 11) is 0. The Kier molecular flexibility index (Phi) is 8.77. The van der Waals surface area contributed by atoms with E-state index in [0.717, 1.165) is 16.9 Å². The van der Waals surface area contributed by atoms with Gasteiger partial charge in [-0.25, -0.2) is 4.79 Å². The molecule has 196 valence electrons. The number of nitrogens with zero attached hydrogens (tertiary/aromatic N) is 1. The van der Waals surface area contributed by atoms with Gasteiger partial charge in [-0.1, -0.05) is 55.5 Å². The number of barbiturate groups is 1. The van der Waals surface area contributed by atoms with Gasteiger partial charge in [-0.15, -0.1) is 0 Å². The highest BCUT2D eigenvalue weighted by Crippen LogP contribution is 2.30. The Balaban J connectivity index is 1.48. The summed E-state index contributed by atoms with van der Waals surface area (Å²) in [6.07, 6.45) is 2.31. The molecule has 1 aliphatic heterocycles. The van der Waals surface area contributed by atoms with Crippen molar-refractivity contribution in [2.45, 2.75) is 33.4 Å². The molecule has 1 N–H and O–H groups in total. The summed E-state index contributed by atoms with van der Waals surface area (Å²) in [5.41, 5.74) is 2.20. The monoisotopic (exact) mass is 514 g/mol. The van der Waals surface area contributed by atoms with E-state index < -0.39 is 17.8 Å². The van der Waals surface area contributed by atoms with E-state index in [1.54, 1.807) is 42.5 Å². The fourth-order valence-corrected chi connectivity index (χ4v) is 3.84. The second kappa shape index (κ2) is 12.6. The molecule has 3 aromatic rings. The molecule has 38 heavy (non-hydrogen) atoms. The van der Waals surface area contributed by atoms with Crippen molar-refractivity contribution >= 4 is 23.9 Å². The zero-order valence-electron chi connectivity index (χ0n) is 21.4. The summed E-state index contributed by atoms with van der Waals surface area (Å²) in [4.78, 5) is 39.3. The normalized spacial score (nSPS) is 14.4. The molecule has 0 atom stereocenters. The van der Waals surface area contributed by atoms with Crippen LogP contribution in [0.15, 0.2) is 78.4 Å². The smallest absolute Gasteiger partial charge is 0.331 e. The van der Waals surface area contributed by atoms with Gasteiger partial charge in [-0.3, -0.25) is 19.8 Å². The van der Waals surface area contributed by atoms with Gasteiger partial charge >= 0.3 is 6.03 Å². The van der Waals surface area contributed by atoms with Crippen LogP contribution in [0.25, 0.3) is 6.08 Å². The lowest BCUT2D eigenvalue weighted by Gasteiger charge is -2.26. The lowest BCUT2D eigenvalue weighted by Crippen LogP contribution is -2.53. The third kappa shape index (κ3) is 6.59. The van der Waals surface area contributed by atoms with Crippen molar-refractivity contribution in [3.8, 4) is 17.2 Å². The van der Waals surface area contributed by atoms with E-state index in [1.807, 2.05) is 44.2 Å². The lowest BCUT2D eigenvalue weighted by atomic mass is 10.1. The Morgan fingerprint density at radius 3 is 2.29 bits per heavy atom. The Bertz CT molecular complexity index is 1320. The zero-order chi connectivity index (χ0) is 26.9. The second-order valence-corrected chi connectivity index (χ2v) is 8.61. The molecule has 1 heterocycles. The minimum absolute atomic E-state index is 0.0321. The summed E-state index contributed by atoms with van der Waals surface area (Å²) in [6.45, 7) is 5.25. The third-order valence-electron chi connectivity index (χ3n) is 5.74. The third-order valence-corrected chi connectivity index (χ3v) is 5.74. The minimum atomic E-state index is -0.772. The van der Waals surface area contributed by atoms with Crippen LogP contribution in [0.3, 0.4) is 0 Å². The molecule has 1 fully saturated rings. The van der Waals surface area contributed by atoms with Gasteiger partial charge in [0.2, 0.25) is 0 Å². The van der Waals surface area contributed by atoms with Crippen molar-refractivity contribution in [1.82, 2.24) is 10.2 Å². The summed E-state index contributed by atoms with van der Waals surface area (Å²) < 4.78 is 17.2. The number of ether oxygens (including phenoxy) is 3. The molecular formula is C30H30N2O6. The van der Waals surface area contributed by atoms with Crippen molar-refractivity contribution in [3.63, 3.8) is 0 Å². The molecule has 4 amide bonds. The molecule has 0 bridgehead atoms. The van der Waals surface area contributed by atoms with E-state index in [0.29, 0.717) is 48.2 Å². The van der Waals surface area contributed by atoms with Crippen molar-refractivity contribution in [1.29, 1.82) is 0 Å². The fraction of sp³-hybridized carbons (Fsp3) is 0.233. The maximum Gasteiger partial charge on any atom is 0.331 e. The van der Waals surface area contributed by atoms with Crippen molar-refractivity contribution in [2.24, 2.45) is 0 Å². The molecule has 4 rings (SSSR count). The van der Waals surface area contributed by atoms with E-state index in [1.165, 1.54) is 6.08 Å². The number of hydrogen-bond acceptors (Lipinski definition) is 6. The molecule has 0 spiro atoms. The van der Waals surface area contributed by atoms with Crippen molar-refractivity contribution in [2.75, 3.05) is 13.2 Å². The van der Waals surface area contributed by atoms with Gasteiger partial charge in [0, 0.05) is 0 Å². The molecule has 1 saturated heterocycles. The average molecular weight is 515 g/mol. The first-order chi connectivity index (χ1) is 18.5. The molecule has 8 nitrogen and oxygen atoms in total. The highest BCUT2D eigenvalue weighted by Gasteiger charge is 2.35. The largest absolute Gasteiger partial charge is 0.490 e. The van der Waals surface area contributed by atoms with Crippen LogP contribution in [-0.4, -0.2) is 36.0 Å². The molecular weight excluding hydrogens is 484 g/mol. The number of hydrogen-bond donors (Lipinski definition) is 1. The first-order valence-corrected chi connectivity index (χ1v) is 12.5. The van der Waals surface area contributed by atoms with Crippen molar-refractivity contribution < 1.29 is 28.6 Å². The number of carbonyl (C=O) groups excluding carboxylic acids is 3. The fourth-order valence-electron chi connectivity index (χ4n) is 3.84. The summed E-state index contributed by atoms with van der Waals surface area (Å²) in [5, 5.41) is 2.26. The molecule has 3 aromatic carbocycles. The quantitative estimate of drug-likeness (QED) is 0.282. The average Bonchev–Trinajstić information content (AvgIpc) is 2.93. The lowest BCUT2D eigenvalue weighted by molar-refractivity contribution is -0.130. The summed E-state index contributed by atoms with van der Waals surface area (Å²) in [6, 6.07) is 21.3. The Morgan fingerprint density at radius 2 is 1.58 bits per heavy atom.